The lowest BCUT2D eigenvalue weighted by Gasteiger charge is -2.24. The number of rotatable bonds is 15. The van der Waals surface area contributed by atoms with Gasteiger partial charge in [0, 0.05) is 31.3 Å². The average molecular weight is 530 g/mol. The van der Waals surface area contributed by atoms with Crippen LogP contribution in [-0.4, -0.2) is 75.4 Å². The first-order valence-corrected chi connectivity index (χ1v) is 12.0. The van der Waals surface area contributed by atoms with Crippen LogP contribution in [0.1, 0.15) is 31.0 Å². The molecular weight excluding hydrogens is 494 g/mol. The van der Waals surface area contributed by atoms with E-state index in [1.807, 2.05) is 0 Å². The van der Waals surface area contributed by atoms with Crippen molar-refractivity contribution >= 4 is 29.7 Å². The first-order valence-electron chi connectivity index (χ1n) is 12.0. The molecule has 0 spiro atoms. The van der Waals surface area contributed by atoms with Crippen molar-refractivity contribution in [2.75, 3.05) is 6.54 Å². The summed E-state index contributed by atoms with van der Waals surface area (Å²) < 4.78 is 0. The van der Waals surface area contributed by atoms with Crippen molar-refractivity contribution in [1.29, 1.82) is 0 Å². The minimum Gasteiger partial charge on any atom is -0.480 e. The molecule has 0 saturated carbocycles. The number of benzene rings is 1. The number of nitrogens with one attached hydrogen (secondary N) is 4. The fraction of sp³-hybridized carbons (Fsp3) is 0.417. The molecule has 38 heavy (non-hydrogen) atoms. The molecule has 0 aliphatic rings. The molecule has 1 aromatic carbocycles. The number of hydrogen-bond acceptors (Lipinski definition) is 7. The van der Waals surface area contributed by atoms with Crippen LogP contribution in [0.4, 0.5) is 0 Å². The van der Waals surface area contributed by atoms with E-state index in [-0.39, 0.29) is 31.8 Å². The maximum atomic E-state index is 13.1. The maximum Gasteiger partial charge on any atom is 0.326 e. The number of amides is 3. The molecule has 206 valence electrons. The molecule has 0 aliphatic carbocycles. The number of carboxylic acid groups (broad SMARTS) is 1. The van der Waals surface area contributed by atoms with Crippen molar-refractivity contribution < 1.29 is 24.3 Å². The van der Waals surface area contributed by atoms with Crippen LogP contribution < -0.4 is 33.2 Å². The predicted octanol–water partition coefficient (Wildman–Crippen LogP) is -1.87. The summed E-state index contributed by atoms with van der Waals surface area (Å²) in [5.74, 6) is -3.23. The molecule has 0 aliphatic heterocycles. The van der Waals surface area contributed by atoms with E-state index in [2.05, 4.69) is 30.9 Å². The maximum absolute atomic E-state index is 13.1. The Hall–Kier alpha value is -4.46. The first kappa shape index (κ1) is 29.8. The zero-order valence-corrected chi connectivity index (χ0v) is 21.1. The highest BCUT2D eigenvalue weighted by Gasteiger charge is 2.29. The summed E-state index contributed by atoms with van der Waals surface area (Å²) in [5, 5.41) is 17.2. The van der Waals surface area contributed by atoms with Crippen LogP contribution >= 0.6 is 0 Å². The summed E-state index contributed by atoms with van der Waals surface area (Å²) in [6.45, 7) is 1.66. The minimum atomic E-state index is -1.24. The molecule has 2 rings (SSSR count). The molecular formula is C24H35N9O5. The largest absolute Gasteiger partial charge is 0.480 e. The summed E-state index contributed by atoms with van der Waals surface area (Å²) in [5.41, 5.74) is 17.9. The van der Waals surface area contributed by atoms with E-state index in [0.29, 0.717) is 12.1 Å². The van der Waals surface area contributed by atoms with E-state index in [1.165, 1.54) is 13.3 Å². The molecule has 0 saturated heterocycles. The van der Waals surface area contributed by atoms with Crippen molar-refractivity contribution in [2.24, 2.45) is 22.2 Å². The van der Waals surface area contributed by atoms with Crippen molar-refractivity contribution in [3.05, 3.63) is 54.1 Å². The van der Waals surface area contributed by atoms with Crippen LogP contribution in [0, 0.1) is 0 Å². The van der Waals surface area contributed by atoms with Gasteiger partial charge in [-0.25, -0.2) is 9.78 Å². The van der Waals surface area contributed by atoms with Gasteiger partial charge in [-0.05, 0) is 25.3 Å². The number of nitrogens with two attached hydrogens (primary N) is 3. The van der Waals surface area contributed by atoms with Gasteiger partial charge < -0.3 is 43.2 Å². The zero-order valence-electron chi connectivity index (χ0n) is 21.1. The Balaban J connectivity index is 2.04. The smallest absolute Gasteiger partial charge is 0.326 e. The van der Waals surface area contributed by atoms with Gasteiger partial charge in [0.05, 0.1) is 12.4 Å². The van der Waals surface area contributed by atoms with Gasteiger partial charge in [-0.1, -0.05) is 30.3 Å². The van der Waals surface area contributed by atoms with E-state index in [0.717, 1.165) is 5.56 Å². The van der Waals surface area contributed by atoms with Crippen LogP contribution in [-0.2, 0) is 32.0 Å². The van der Waals surface area contributed by atoms with Crippen LogP contribution in [0.2, 0.25) is 0 Å². The second-order valence-electron chi connectivity index (χ2n) is 8.72. The third-order valence-electron chi connectivity index (χ3n) is 5.56. The average Bonchev–Trinajstić information content (AvgIpc) is 3.38. The Kier molecular flexibility index (Phi) is 11.7. The van der Waals surface area contributed by atoms with Gasteiger partial charge in [-0.15, -0.1) is 0 Å². The number of aliphatic carboxylic acids is 1. The number of imidazole rings is 1. The van der Waals surface area contributed by atoms with Gasteiger partial charge in [0.1, 0.15) is 18.1 Å². The molecule has 0 bridgehead atoms. The molecule has 0 fully saturated rings. The van der Waals surface area contributed by atoms with Gasteiger partial charge in [0.25, 0.3) is 0 Å². The Bertz CT molecular complexity index is 1090. The van der Waals surface area contributed by atoms with Crippen molar-refractivity contribution in [3.63, 3.8) is 0 Å². The zero-order chi connectivity index (χ0) is 28.1. The van der Waals surface area contributed by atoms with Crippen molar-refractivity contribution in [1.82, 2.24) is 25.9 Å². The van der Waals surface area contributed by atoms with Crippen LogP contribution in [0.15, 0.2) is 47.8 Å². The van der Waals surface area contributed by atoms with Gasteiger partial charge in [-0.2, -0.15) is 0 Å². The van der Waals surface area contributed by atoms with E-state index < -0.39 is 47.9 Å². The Morgan fingerprint density at radius 1 is 1.00 bits per heavy atom. The van der Waals surface area contributed by atoms with Gasteiger partial charge >= 0.3 is 5.97 Å². The molecule has 11 N–H and O–H groups in total. The van der Waals surface area contributed by atoms with Crippen LogP contribution in [0.3, 0.4) is 0 Å². The lowest BCUT2D eigenvalue weighted by Crippen LogP contribution is -2.57. The summed E-state index contributed by atoms with van der Waals surface area (Å²) in [4.78, 5) is 60.7. The van der Waals surface area contributed by atoms with E-state index in [4.69, 9.17) is 17.2 Å². The number of hydrogen-bond donors (Lipinski definition) is 8. The number of guanidine groups is 1. The Morgan fingerprint density at radius 3 is 2.29 bits per heavy atom. The molecule has 2 aromatic rings. The molecule has 4 unspecified atom stereocenters. The second-order valence-corrected chi connectivity index (χ2v) is 8.72. The summed E-state index contributed by atoms with van der Waals surface area (Å²) in [6.07, 6.45) is 3.68. The molecule has 3 amide bonds. The number of aromatic nitrogens is 2. The third-order valence-corrected chi connectivity index (χ3v) is 5.56. The number of carbonyl (C=O) groups excluding carboxylic acids is 3. The second kappa shape index (κ2) is 14.9. The number of aliphatic imine (C=N–C) groups is 1. The van der Waals surface area contributed by atoms with Crippen molar-refractivity contribution in [2.45, 2.75) is 56.8 Å². The summed E-state index contributed by atoms with van der Waals surface area (Å²) in [7, 11) is 0. The van der Waals surface area contributed by atoms with E-state index in [1.54, 1.807) is 36.5 Å². The molecule has 14 nitrogen and oxygen atoms in total. The van der Waals surface area contributed by atoms with Crippen LogP contribution in [0.25, 0.3) is 0 Å². The Morgan fingerprint density at radius 2 is 1.68 bits per heavy atom. The normalized spacial score (nSPS) is 13.8. The molecule has 1 heterocycles. The first-order chi connectivity index (χ1) is 18.1. The topological polar surface area (TPSA) is 244 Å². The molecule has 4 atom stereocenters. The lowest BCUT2D eigenvalue weighted by atomic mass is 10.0. The fourth-order valence-electron chi connectivity index (χ4n) is 3.50. The summed E-state index contributed by atoms with van der Waals surface area (Å²) >= 11 is 0. The third kappa shape index (κ3) is 10.3. The molecule has 14 heteroatoms. The summed E-state index contributed by atoms with van der Waals surface area (Å²) in [6, 6.07) is 4.64. The highest BCUT2D eigenvalue weighted by atomic mass is 16.4. The van der Waals surface area contributed by atoms with Crippen LogP contribution in [0.5, 0.6) is 0 Å². The molecule has 0 radical (unpaired) electrons. The fourth-order valence-corrected chi connectivity index (χ4v) is 3.50. The van der Waals surface area contributed by atoms with E-state index >= 15 is 0 Å². The highest BCUT2D eigenvalue weighted by molar-refractivity contribution is 5.94. The monoisotopic (exact) mass is 529 g/mol. The van der Waals surface area contributed by atoms with Crippen molar-refractivity contribution in [3.8, 4) is 0 Å². The quantitative estimate of drug-likeness (QED) is 0.0731. The Labute approximate surface area is 219 Å². The standard InChI is InChI=1S/C24H35N9O5/c1-14(31-21(35)17(25)11-16-12-28-13-30-16)20(34)33-19(10-15-6-3-2-4-7-15)22(36)32-18(23(37)38)8-5-9-29-24(26)27/h2-4,6-7,12-14,17-19H,5,8-11,25H2,1H3,(H,28,30)(H,31,35)(H,32,36)(H,33,34)(H,37,38)(H4,26,27,29). The van der Waals surface area contributed by atoms with Gasteiger partial charge in [0.15, 0.2) is 5.96 Å². The number of nitrogens with zero attached hydrogens (tertiary/aromatic N) is 2. The number of carbonyl (C=O) groups is 4. The predicted molar refractivity (Wildman–Crippen MR) is 139 cm³/mol. The highest BCUT2D eigenvalue weighted by Crippen LogP contribution is 2.06. The minimum absolute atomic E-state index is 0.0739. The van der Waals surface area contributed by atoms with Gasteiger partial charge in [-0.3, -0.25) is 19.4 Å². The number of H-pyrrole nitrogens is 1. The lowest BCUT2D eigenvalue weighted by molar-refractivity contribution is -0.142. The SMILES string of the molecule is CC(NC(=O)C(N)Cc1cnc[nH]1)C(=O)NC(Cc1ccccc1)C(=O)NC(CCCN=C(N)N)C(=O)O. The van der Waals surface area contributed by atoms with E-state index in [9.17, 15) is 24.3 Å². The van der Waals surface area contributed by atoms with Gasteiger partial charge in [0.2, 0.25) is 17.7 Å². The number of aromatic amines is 1. The molecule has 1 aromatic heterocycles. The number of carboxylic acids is 1.